The number of benzene rings is 1. The maximum absolute atomic E-state index is 13.9. The highest BCUT2D eigenvalue weighted by Crippen LogP contribution is 2.31. The molecule has 1 atom stereocenters. The van der Waals surface area contributed by atoms with Crippen LogP contribution in [0.2, 0.25) is 0 Å². The normalized spacial score (nSPS) is 19.4. The Kier molecular flexibility index (Phi) is 5.81. The molecule has 8 heteroatoms. The molecule has 0 saturated carbocycles. The third-order valence-corrected chi connectivity index (χ3v) is 5.36. The lowest BCUT2D eigenvalue weighted by Crippen LogP contribution is -2.54. The molecule has 0 spiro atoms. The van der Waals surface area contributed by atoms with Gasteiger partial charge in [-0.05, 0) is 24.0 Å². The molecule has 1 amide bonds. The average molecular weight is 388 g/mol. The molecule has 2 aromatic rings. The molecule has 1 aromatic heterocycles. The first kappa shape index (κ1) is 19.8. The maximum atomic E-state index is 13.9. The number of carbonyl (C=O) groups excluding carboxylic acids is 1. The Morgan fingerprint density at radius 1 is 1.36 bits per heavy atom. The first-order valence-electron chi connectivity index (χ1n) is 7.74. The van der Waals surface area contributed by atoms with Crippen molar-refractivity contribution in [2.45, 2.75) is 26.3 Å². The van der Waals surface area contributed by atoms with Crippen LogP contribution in [0.1, 0.15) is 30.8 Å². The van der Waals surface area contributed by atoms with Gasteiger partial charge in [0.15, 0.2) is 0 Å². The van der Waals surface area contributed by atoms with Crippen molar-refractivity contribution in [1.29, 1.82) is 0 Å². The van der Waals surface area contributed by atoms with Gasteiger partial charge in [0.2, 0.25) is 0 Å². The Hall–Kier alpha value is -1.57. The van der Waals surface area contributed by atoms with Crippen LogP contribution in [0, 0.1) is 17.0 Å². The van der Waals surface area contributed by atoms with Crippen LogP contribution in [-0.2, 0) is 0 Å². The minimum atomic E-state index is -0.687. The molecular weight excluding hydrogens is 368 g/mol. The number of hydrogen-bond donors (Lipinski definition) is 1. The average Bonchev–Trinajstić information content (AvgIpc) is 2.98. The summed E-state index contributed by atoms with van der Waals surface area (Å²) in [7, 11) is 0. The van der Waals surface area contributed by atoms with Crippen molar-refractivity contribution in [3.63, 3.8) is 0 Å². The Morgan fingerprint density at radius 2 is 2.00 bits per heavy atom. The summed E-state index contributed by atoms with van der Waals surface area (Å²) in [6.45, 7) is 5.15. The van der Waals surface area contributed by atoms with Gasteiger partial charge >= 0.3 is 0 Å². The van der Waals surface area contributed by atoms with E-state index in [2.05, 4.69) is 4.98 Å². The second-order valence-corrected chi connectivity index (χ2v) is 7.60. The topological polar surface area (TPSA) is 59.2 Å². The molecule has 4 nitrogen and oxygen atoms in total. The fraction of sp³-hybridized carbons (Fsp3) is 0.412. The van der Waals surface area contributed by atoms with E-state index in [9.17, 15) is 13.6 Å². The smallest absolute Gasteiger partial charge is 0.273 e. The van der Waals surface area contributed by atoms with Crippen LogP contribution in [-0.4, -0.2) is 34.9 Å². The van der Waals surface area contributed by atoms with Crippen molar-refractivity contribution in [2.75, 3.05) is 13.1 Å². The van der Waals surface area contributed by atoms with Crippen molar-refractivity contribution in [2.24, 2.45) is 11.1 Å². The van der Waals surface area contributed by atoms with Crippen LogP contribution >= 0.6 is 23.7 Å². The van der Waals surface area contributed by atoms with Gasteiger partial charge in [-0.1, -0.05) is 19.9 Å². The molecular formula is C17H20ClF2N3OS. The van der Waals surface area contributed by atoms with E-state index in [-0.39, 0.29) is 46.0 Å². The number of thiazole rings is 1. The van der Waals surface area contributed by atoms with Gasteiger partial charge in [-0.15, -0.1) is 23.7 Å². The predicted molar refractivity (Wildman–Crippen MR) is 97.0 cm³/mol. The van der Waals surface area contributed by atoms with Gasteiger partial charge in [-0.3, -0.25) is 4.79 Å². The first-order valence-corrected chi connectivity index (χ1v) is 8.62. The zero-order valence-corrected chi connectivity index (χ0v) is 15.6. The zero-order valence-electron chi connectivity index (χ0n) is 14.0. The lowest BCUT2D eigenvalue weighted by Gasteiger charge is -2.42. The van der Waals surface area contributed by atoms with Crippen LogP contribution in [0.15, 0.2) is 23.6 Å². The summed E-state index contributed by atoms with van der Waals surface area (Å²) < 4.78 is 27.7. The summed E-state index contributed by atoms with van der Waals surface area (Å²) in [6.07, 6.45) is 0.720. The number of carbonyl (C=O) groups is 1. The second kappa shape index (κ2) is 7.35. The summed E-state index contributed by atoms with van der Waals surface area (Å²) in [4.78, 5) is 18.5. The second-order valence-electron chi connectivity index (χ2n) is 6.75. The summed E-state index contributed by atoms with van der Waals surface area (Å²) in [5, 5.41) is 1.72. The lowest BCUT2D eigenvalue weighted by molar-refractivity contribution is 0.0528. The van der Waals surface area contributed by atoms with E-state index in [4.69, 9.17) is 5.73 Å². The number of likely N-dealkylation sites (tertiary alicyclic amines) is 1. The van der Waals surface area contributed by atoms with E-state index in [0.29, 0.717) is 13.1 Å². The number of amides is 1. The van der Waals surface area contributed by atoms with Crippen molar-refractivity contribution in [3.05, 3.63) is 40.9 Å². The standard InChI is InChI=1S/C17H19F2N3OS.ClH/c1-17(2)9-22(7-6-13(17)20)16(23)12-8-24-15(21-12)14-10(18)4-3-5-11(14)19;/h3-5,8,13H,6-7,9,20H2,1-2H3;1H. The highest BCUT2D eigenvalue weighted by molar-refractivity contribution is 7.13. The van der Waals surface area contributed by atoms with Crippen LogP contribution in [0.5, 0.6) is 0 Å². The Labute approximate surface area is 155 Å². The molecule has 25 heavy (non-hydrogen) atoms. The number of hydrogen-bond acceptors (Lipinski definition) is 4. The monoisotopic (exact) mass is 387 g/mol. The first-order chi connectivity index (χ1) is 11.3. The van der Waals surface area contributed by atoms with Crippen molar-refractivity contribution in [3.8, 4) is 10.6 Å². The van der Waals surface area contributed by atoms with Crippen LogP contribution in [0.25, 0.3) is 10.6 Å². The summed E-state index contributed by atoms with van der Waals surface area (Å²) in [5.41, 5.74) is 5.94. The number of nitrogens with zero attached hydrogens (tertiary/aromatic N) is 2. The third-order valence-electron chi connectivity index (χ3n) is 4.50. The predicted octanol–water partition coefficient (Wildman–Crippen LogP) is 3.71. The van der Waals surface area contributed by atoms with E-state index >= 15 is 0 Å². The third kappa shape index (κ3) is 3.83. The molecule has 1 fully saturated rings. The van der Waals surface area contributed by atoms with Crippen molar-refractivity contribution >= 4 is 29.7 Å². The molecule has 1 aliphatic heterocycles. The van der Waals surface area contributed by atoms with E-state index in [0.717, 1.165) is 17.8 Å². The molecule has 3 rings (SSSR count). The fourth-order valence-electron chi connectivity index (χ4n) is 2.90. The number of piperidine rings is 1. The maximum Gasteiger partial charge on any atom is 0.273 e. The van der Waals surface area contributed by atoms with Gasteiger partial charge in [0.05, 0.1) is 5.56 Å². The van der Waals surface area contributed by atoms with Crippen LogP contribution in [0.4, 0.5) is 8.78 Å². The van der Waals surface area contributed by atoms with E-state index in [1.165, 1.54) is 18.2 Å². The van der Waals surface area contributed by atoms with Gasteiger partial charge in [-0.2, -0.15) is 0 Å². The molecule has 1 aliphatic rings. The molecule has 136 valence electrons. The largest absolute Gasteiger partial charge is 0.337 e. The zero-order chi connectivity index (χ0) is 17.5. The Bertz CT molecular complexity index is 761. The summed E-state index contributed by atoms with van der Waals surface area (Å²) in [6, 6.07) is 3.69. The van der Waals surface area contributed by atoms with Gasteiger partial charge in [0.25, 0.3) is 5.91 Å². The van der Waals surface area contributed by atoms with E-state index in [1.54, 1.807) is 10.3 Å². The number of aromatic nitrogens is 1. The number of nitrogens with two attached hydrogens (primary N) is 1. The molecule has 1 saturated heterocycles. The van der Waals surface area contributed by atoms with E-state index < -0.39 is 11.6 Å². The van der Waals surface area contributed by atoms with Gasteiger partial charge in [0, 0.05) is 24.5 Å². The molecule has 1 unspecified atom stereocenters. The lowest BCUT2D eigenvalue weighted by atomic mass is 9.79. The SMILES string of the molecule is CC1(C)CN(C(=O)c2csc(-c3c(F)cccc3F)n2)CCC1N.Cl. The van der Waals surface area contributed by atoms with Gasteiger partial charge in [0.1, 0.15) is 22.3 Å². The van der Waals surface area contributed by atoms with Crippen LogP contribution < -0.4 is 5.73 Å². The quantitative estimate of drug-likeness (QED) is 0.854. The molecule has 0 bridgehead atoms. The number of halogens is 3. The van der Waals surface area contributed by atoms with Gasteiger partial charge in [-0.25, -0.2) is 13.8 Å². The fourth-order valence-corrected chi connectivity index (χ4v) is 3.74. The highest BCUT2D eigenvalue weighted by atomic mass is 35.5. The molecule has 0 aliphatic carbocycles. The summed E-state index contributed by atoms with van der Waals surface area (Å²) >= 11 is 1.06. The van der Waals surface area contributed by atoms with Crippen LogP contribution in [0.3, 0.4) is 0 Å². The molecule has 2 N–H and O–H groups in total. The molecule has 1 aromatic carbocycles. The number of rotatable bonds is 2. The minimum Gasteiger partial charge on any atom is -0.337 e. The van der Waals surface area contributed by atoms with Crippen molar-refractivity contribution in [1.82, 2.24) is 9.88 Å². The highest BCUT2D eigenvalue weighted by Gasteiger charge is 2.36. The molecule has 2 heterocycles. The Morgan fingerprint density at radius 3 is 2.60 bits per heavy atom. The Balaban J connectivity index is 0.00000225. The van der Waals surface area contributed by atoms with Gasteiger partial charge < -0.3 is 10.6 Å². The minimum absolute atomic E-state index is 0. The van der Waals surface area contributed by atoms with Crippen molar-refractivity contribution < 1.29 is 13.6 Å². The van der Waals surface area contributed by atoms with E-state index in [1.807, 2.05) is 13.8 Å². The summed E-state index contributed by atoms with van der Waals surface area (Å²) in [5.74, 6) is -1.60. The molecule has 0 radical (unpaired) electrons.